The van der Waals surface area contributed by atoms with Gasteiger partial charge in [-0.2, -0.15) is 0 Å². The standard InChI is InChI=1S/C15H17ClN2O2S/c1-9-13(16)5-4-6-14(9)17-15(19)8-21-7-12-10(2)18-20-11(12)3/h4-6H,7-8H2,1-3H3,(H,17,19). The Hall–Kier alpha value is -1.46. The lowest BCUT2D eigenvalue weighted by Crippen LogP contribution is -2.15. The van der Waals surface area contributed by atoms with E-state index >= 15 is 0 Å². The maximum absolute atomic E-state index is 12.0. The van der Waals surface area contributed by atoms with Gasteiger partial charge in [0.15, 0.2) is 0 Å². The first kappa shape index (κ1) is 15.9. The molecule has 21 heavy (non-hydrogen) atoms. The smallest absolute Gasteiger partial charge is 0.234 e. The van der Waals surface area contributed by atoms with Gasteiger partial charge in [0.05, 0.1) is 11.4 Å². The maximum atomic E-state index is 12.0. The Bertz CT molecular complexity index is 636. The van der Waals surface area contributed by atoms with Crippen LogP contribution in [0.2, 0.25) is 5.02 Å². The molecular formula is C15H17ClN2O2S. The molecule has 0 radical (unpaired) electrons. The van der Waals surface area contributed by atoms with Gasteiger partial charge in [-0.3, -0.25) is 4.79 Å². The van der Waals surface area contributed by atoms with E-state index in [1.54, 1.807) is 6.07 Å². The topological polar surface area (TPSA) is 55.1 Å². The molecule has 0 aliphatic carbocycles. The summed E-state index contributed by atoms with van der Waals surface area (Å²) in [5.74, 6) is 1.85. The molecule has 1 aromatic heterocycles. The van der Waals surface area contributed by atoms with Crippen LogP contribution in [0, 0.1) is 20.8 Å². The number of amides is 1. The number of thioether (sulfide) groups is 1. The molecule has 0 aliphatic rings. The predicted octanol–water partition coefficient (Wildman–Crippen LogP) is 4.13. The number of benzene rings is 1. The predicted molar refractivity (Wildman–Crippen MR) is 87.0 cm³/mol. The number of halogens is 1. The van der Waals surface area contributed by atoms with Crippen LogP contribution in [0.3, 0.4) is 0 Å². The molecule has 1 aromatic carbocycles. The Morgan fingerprint density at radius 2 is 2.14 bits per heavy atom. The molecule has 0 aliphatic heterocycles. The SMILES string of the molecule is Cc1noc(C)c1CSCC(=O)Nc1cccc(Cl)c1C. The summed E-state index contributed by atoms with van der Waals surface area (Å²) in [6.07, 6.45) is 0. The molecular weight excluding hydrogens is 308 g/mol. The Morgan fingerprint density at radius 1 is 1.38 bits per heavy atom. The third kappa shape index (κ3) is 4.02. The molecule has 0 spiro atoms. The summed E-state index contributed by atoms with van der Waals surface area (Å²) in [6, 6.07) is 5.47. The van der Waals surface area contributed by atoms with Gasteiger partial charge < -0.3 is 9.84 Å². The van der Waals surface area contributed by atoms with E-state index in [4.69, 9.17) is 16.1 Å². The normalized spacial score (nSPS) is 10.7. The first-order valence-corrected chi connectivity index (χ1v) is 8.06. The number of aryl methyl sites for hydroxylation is 2. The summed E-state index contributed by atoms with van der Waals surface area (Å²) in [7, 11) is 0. The molecule has 112 valence electrons. The number of aromatic nitrogens is 1. The maximum Gasteiger partial charge on any atom is 0.234 e. The first-order chi connectivity index (χ1) is 9.99. The fourth-order valence-corrected chi connectivity index (χ4v) is 3.03. The molecule has 1 amide bonds. The fourth-order valence-electron chi connectivity index (χ4n) is 1.88. The second kappa shape index (κ2) is 7.00. The number of nitrogens with zero attached hydrogens (tertiary/aromatic N) is 1. The van der Waals surface area contributed by atoms with E-state index < -0.39 is 0 Å². The van der Waals surface area contributed by atoms with Crippen LogP contribution in [0.5, 0.6) is 0 Å². The number of anilines is 1. The van der Waals surface area contributed by atoms with Crippen LogP contribution < -0.4 is 5.32 Å². The van der Waals surface area contributed by atoms with Gasteiger partial charge in [-0.1, -0.05) is 22.8 Å². The van der Waals surface area contributed by atoms with Crippen molar-refractivity contribution in [3.05, 3.63) is 45.8 Å². The van der Waals surface area contributed by atoms with E-state index in [-0.39, 0.29) is 5.91 Å². The van der Waals surface area contributed by atoms with Crippen molar-refractivity contribution in [2.24, 2.45) is 0 Å². The minimum absolute atomic E-state index is 0.0443. The molecule has 0 atom stereocenters. The van der Waals surface area contributed by atoms with Crippen molar-refractivity contribution in [2.45, 2.75) is 26.5 Å². The molecule has 0 saturated carbocycles. The summed E-state index contributed by atoms with van der Waals surface area (Å²) in [5.41, 5.74) is 3.58. The van der Waals surface area contributed by atoms with Crippen LogP contribution in [0.15, 0.2) is 22.7 Å². The van der Waals surface area contributed by atoms with Gasteiger partial charge >= 0.3 is 0 Å². The Kier molecular flexibility index (Phi) is 5.31. The van der Waals surface area contributed by atoms with Gasteiger partial charge in [0.1, 0.15) is 5.76 Å². The van der Waals surface area contributed by atoms with Gasteiger partial charge in [-0.15, -0.1) is 11.8 Å². The Labute approximate surface area is 133 Å². The molecule has 0 bridgehead atoms. The van der Waals surface area contributed by atoms with E-state index in [9.17, 15) is 4.79 Å². The highest BCUT2D eigenvalue weighted by Gasteiger charge is 2.11. The summed E-state index contributed by atoms with van der Waals surface area (Å²) in [4.78, 5) is 12.0. The van der Waals surface area contributed by atoms with Crippen molar-refractivity contribution in [3.8, 4) is 0 Å². The van der Waals surface area contributed by atoms with Crippen LogP contribution in [-0.4, -0.2) is 16.8 Å². The van der Waals surface area contributed by atoms with Gasteiger partial charge in [0.2, 0.25) is 5.91 Å². The van der Waals surface area contributed by atoms with Crippen LogP contribution >= 0.6 is 23.4 Å². The lowest BCUT2D eigenvalue weighted by molar-refractivity contribution is -0.113. The molecule has 2 aromatic rings. The molecule has 0 unspecified atom stereocenters. The summed E-state index contributed by atoms with van der Waals surface area (Å²) in [6.45, 7) is 5.67. The second-order valence-electron chi connectivity index (χ2n) is 4.76. The molecule has 1 heterocycles. The van der Waals surface area contributed by atoms with Gasteiger partial charge in [0.25, 0.3) is 0 Å². The van der Waals surface area contributed by atoms with E-state index in [0.717, 1.165) is 28.3 Å². The zero-order valence-corrected chi connectivity index (χ0v) is 13.8. The fraction of sp³-hybridized carbons (Fsp3) is 0.333. The first-order valence-electron chi connectivity index (χ1n) is 6.53. The average Bonchev–Trinajstić information content (AvgIpc) is 2.75. The lowest BCUT2D eigenvalue weighted by Gasteiger charge is -2.09. The molecule has 1 N–H and O–H groups in total. The number of rotatable bonds is 5. The van der Waals surface area contributed by atoms with Gasteiger partial charge in [-0.05, 0) is 38.5 Å². The van der Waals surface area contributed by atoms with Crippen molar-refractivity contribution < 1.29 is 9.32 Å². The van der Waals surface area contributed by atoms with Crippen LogP contribution in [0.1, 0.15) is 22.6 Å². The number of carbonyl (C=O) groups is 1. The summed E-state index contributed by atoms with van der Waals surface area (Å²) < 4.78 is 5.10. The third-order valence-corrected chi connectivity index (χ3v) is 4.57. The zero-order valence-electron chi connectivity index (χ0n) is 12.2. The van der Waals surface area contributed by atoms with E-state index in [0.29, 0.717) is 16.5 Å². The highest BCUT2D eigenvalue weighted by Crippen LogP contribution is 2.24. The van der Waals surface area contributed by atoms with Crippen LogP contribution in [0.25, 0.3) is 0 Å². The van der Waals surface area contributed by atoms with Crippen molar-refractivity contribution in [2.75, 3.05) is 11.1 Å². The monoisotopic (exact) mass is 324 g/mol. The van der Waals surface area contributed by atoms with Gasteiger partial charge in [0, 0.05) is 22.0 Å². The highest BCUT2D eigenvalue weighted by atomic mass is 35.5. The number of hydrogen-bond donors (Lipinski definition) is 1. The number of nitrogens with one attached hydrogen (secondary N) is 1. The zero-order chi connectivity index (χ0) is 15.4. The minimum atomic E-state index is -0.0443. The van der Waals surface area contributed by atoms with Crippen molar-refractivity contribution in [3.63, 3.8) is 0 Å². The van der Waals surface area contributed by atoms with Crippen LogP contribution in [-0.2, 0) is 10.5 Å². The highest BCUT2D eigenvalue weighted by molar-refractivity contribution is 7.99. The van der Waals surface area contributed by atoms with E-state index in [1.807, 2.05) is 32.9 Å². The Morgan fingerprint density at radius 3 is 2.81 bits per heavy atom. The Balaban J connectivity index is 1.87. The lowest BCUT2D eigenvalue weighted by atomic mass is 10.2. The second-order valence-corrected chi connectivity index (χ2v) is 6.15. The van der Waals surface area contributed by atoms with Gasteiger partial charge in [-0.25, -0.2) is 0 Å². The number of carbonyl (C=O) groups excluding carboxylic acids is 1. The quantitative estimate of drug-likeness (QED) is 0.898. The van der Waals surface area contributed by atoms with E-state index in [2.05, 4.69) is 10.5 Å². The molecule has 0 fully saturated rings. The van der Waals surface area contributed by atoms with Crippen molar-refractivity contribution >= 4 is 35.0 Å². The molecule has 2 rings (SSSR count). The van der Waals surface area contributed by atoms with Crippen molar-refractivity contribution in [1.82, 2.24) is 5.16 Å². The van der Waals surface area contributed by atoms with Crippen molar-refractivity contribution in [1.29, 1.82) is 0 Å². The van der Waals surface area contributed by atoms with E-state index in [1.165, 1.54) is 11.8 Å². The minimum Gasteiger partial charge on any atom is -0.361 e. The molecule has 0 saturated heterocycles. The summed E-state index contributed by atoms with van der Waals surface area (Å²) >= 11 is 7.56. The van der Waals surface area contributed by atoms with Crippen LogP contribution in [0.4, 0.5) is 5.69 Å². The largest absolute Gasteiger partial charge is 0.361 e. The summed E-state index contributed by atoms with van der Waals surface area (Å²) in [5, 5.41) is 7.43. The molecule has 6 heteroatoms. The average molecular weight is 325 g/mol. The molecule has 4 nitrogen and oxygen atoms in total. The third-order valence-electron chi connectivity index (χ3n) is 3.20. The number of hydrogen-bond acceptors (Lipinski definition) is 4.